The Morgan fingerprint density at radius 2 is 2.00 bits per heavy atom. The van der Waals surface area contributed by atoms with Gasteiger partial charge in [0.25, 0.3) is 5.24 Å². The number of halogens is 1. The number of carbonyl (C=O) groups excluding carboxylic acids is 2. The lowest BCUT2D eigenvalue weighted by Crippen LogP contribution is -2.32. The minimum absolute atomic E-state index is 0.182. The van der Waals surface area contributed by atoms with Crippen LogP contribution in [0.1, 0.15) is 0 Å². The van der Waals surface area contributed by atoms with Crippen molar-refractivity contribution in [3.63, 3.8) is 0 Å². The minimum Gasteiger partial charge on any atom is -0.302 e. The number of aldehydes is 1. The monoisotopic (exact) mass is 241 g/mol. The summed E-state index contributed by atoms with van der Waals surface area (Å²) in [6.07, 6.45) is 0.711. The van der Waals surface area contributed by atoms with E-state index in [0.29, 0.717) is 6.29 Å². The second kappa shape index (κ2) is 4.24. The Balaban J connectivity index is 2.30. The number of hydrogen-bond donors (Lipinski definition) is 0. The van der Waals surface area contributed by atoms with Crippen molar-refractivity contribution in [2.75, 3.05) is 4.90 Å². The van der Waals surface area contributed by atoms with E-state index in [2.05, 4.69) is 0 Å². The molecule has 2 atom stereocenters. The van der Waals surface area contributed by atoms with Crippen LogP contribution in [0.15, 0.2) is 30.3 Å². The molecular formula is C10H8ClNO2S. The lowest BCUT2D eigenvalue weighted by atomic mass is 10.3. The highest BCUT2D eigenvalue weighted by Crippen LogP contribution is 2.36. The van der Waals surface area contributed by atoms with Crippen LogP contribution in [-0.4, -0.2) is 22.3 Å². The lowest BCUT2D eigenvalue weighted by Gasteiger charge is -2.19. The Hall–Kier alpha value is -1.00. The van der Waals surface area contributed by atoms with Gasteiger partial charge in [-0.25, -0.2) is 0 Å². The summed E-state index contributed by atoms with van der Waals surface area (Å²) in [5.41, 5.74) is 0.127. The maximum atomic E-state index is 11.6. The topological polar surface area (TPSA) is 37.4 Å². The molecule has 1 fully saturated rings. The summed E-state index contributed by atoms with van der Waals surface area (Å²) in [7, 11) is 0. The van der Waals surface area contributed by atoms with Crippen LogP contribution < -0.4 is 4.90 Å². The lowest BCUT2D eigenvalue weighted by molar-refractivity contribution is -0.107. The van der Waals surface area contributed by atoms with Crippen LogP contribution >= 0.6 is 23.4 Å². The molecule has 0 radical (unpaired) electrons. The molecule has 0 N–H and O–H groups in total. The zero-order valence-electron chi connectivity index (χ0n) is 7.67. The minimum atomic E-state index is -0.595. The molecule has 0 aliphatic carbocycles. The van der Waals surface area contributed by atoms with Crippen molar-refractivity contribution in [2.24, 2.45) is 0 Å². The predicted molar refractivity (Wildman–Crippen MR) is 61.4 cm³/mol. The van der Waals surface area contributed by atoms with E-state index in [1.165, 1.54) is 4.90 Å². The molecule has 0 aromatic heterocycles. The quantitative estimate of drug-likeness (QED) is 0.454. The fourth-order valence-electron chi connectivity index (χ4n) is 1.41. The molecule has 0 saturated carbocycles. The molecule has 1 amide bonds. The van der Waals surface area contributed by atoms with E-state index in [-0.39, 0.29) is 5.24 Å². The first-order valence-electron chi connectivity index (χ1n) is 4.38. The first-order valence-corrected chi connectivity index (χ1v) is 5.70. The van der Waals surface area contributed by atoms with Gasteiger partial charge in [-0.1, -0.05) is 29.8 Å². The van der Waals surface area contributed by atoms with Gasteiger partial charge in [0.05, 0.1) is 0 Å². The highest BCUT2D eigenvalue weighted by atomic mass is 35.5. The van der Waals surface area contributed by atoms with Gasteiger partial charge in [-0.05, 0) is 23.9 Å². The van der Waals surface area contributed by atoms with E-state index in [0.717, 1.165) is 17.4 Å². The molecule has 1 saturated heterocycles. The molecule has 2 unspecified atom stereocenters. The van der Waals surface area contributed by atoms with Gasteiger partial charge in [-0.15, -0.1) is 0 Å². The third-order valence-electron chi connectivity index (χ3n) is 2.12. The SMILES string of the molecule is O=CC1SC(=O)N(c2ccccc2)C1Cl. The van der Waals surface area contributed by atoms with Crippen LogP contribution in [0.2, 0.25) is 0 Å². The number of nitrogens with zero attached hydrogens (tertiary/aromatic N) is 1. The van der Waals surface area contributed by atoms with Crippen molar-refractivity contribution in [2.45, 2.75) is 10.8 Å². The second-order valence-corrected chi connectivity index (χ2v) is 4.64. The number of carbonyl (C=O) groups is 2. The summed E-state index contributed by atoms with van der Waals surface area (Å²) in [5, 5.41) is -0.669. The van der Waals surface area contributed by atoms with Crippen LogP contribution in [0.3, 0.4) is 0 Å². The number of anilines is 1. The van der Waals surface area contributed by atoms with E-state index < -0.39 is 10.8 Å². The molecule has 1 aliphatic heterocycles. The van der Waals surface area contributed by atoms with E-state index in [9.17, 15) is 9.59 Å². The molecule has 5 heteroatoms. The van der Waals surface area contributed by atoms with E-state index in [1.54, 1.807) is 12.1 Å². The molecule has 0 bridgehead atoms. The standard InChI is InChI=1S/C10H8ClNO2S/c11-9-8(6-13)15-10(14)12(9)7-4-2-1-3-5-7/h1-6,8-9H. The number of amides is 1. The maximum absolute atomic E-state index is 11.6. The summed E-state index contributed by atoms with van der Waals surface area (Å²) in [6, 6.07) is 9.09. The van der Waals surface area contributed by atoms with Crippen LogP contribution in [0.4, 0.5) is 10.5 Å². The summed E-state index contributed by atoms with van der Waals surface area (Å²) in [4.78, 5) is 23.7. The van der Waals surface area contributed by atoms with E-state index >= 15 is 0 Å². The summed E-state index contributed by atoms with van der Waals surface area (Å²) in [6.45, 7) is 0. The Morgan fingerprint density at radius 1 is 1.33 bits per heavy atom. The number of alkyl halides is 1. The average Bonchev–Trinajstić information content (AvgIpc) is 2.55. The zero-order valence-corrected chi connectivity index (χ0v) is 9.24. The number of para-hydroxylation sites is 1. The molecule has 1 heterocycles. The number of hydrogen-bond acceptors (Lipinski definition) is 3. The summed E-state index contributed by atoms with van der Waals surface area (Å²) >= 11 is 6.99. The predicted octanol–water partition coefficient (Wildman–Crippen LogP) is 2.49. The molecule has 78 valence electrons. The fourth-order valence-corrected chi connectivity index (χ4v) is 2.73. The van der Waals surface area contributed by atoms with Gasteiger partial charge >= 0.3 is 0 Å². The van der Waals surface area contributed by atoms with Gasteiger partial charge < -0.3 is 4.79 Å². The molecule has 1 aromatic carbocycles. The van der Waals surface area contributed by atoms with Crippen molar-refractivity contribution in [1.29, 1.82) is 0 Å². The highest BCUT2D eigenvalue weighted by Gasteiger charge is 2.40. The van der Waals surface area contributed by atoms with Crippen LogP contribution in [0.5, 0.6) is 0 Å². The Bertz CT molecular complexity index is 384. The molecule has 1 aliphatic rings. The van der Waals surface area contributed by atoms with Gasteiger partial charge in [-0.3, -0.25) is 9.69 Å². The normalized spacial score (nSPS) is 25.7. The van der Waals surface area contributed by atoms with Crippen LogP contribution in [-0.2, 0) is 4.79 Å². The van der Waals surface area contributed by atoms with Crippen molar-refractivity contribution in [1.82, 2.24) is 0 Å². The maximum Gasteiger partial charge on any atom is 0.288 e. The molecule has 3 nitrogen and oxygen atoms in total. The first-order chi connectivity index (χ1) is 7.24. The van der Waals surface area contributed by atoms with Gasteiger partial charge in [0.2, 0.25) is 0 Å². The van der Waals surface area contributed by atoms with Gasteiger partial charge in [-0.2, -0.15) is 0 Å². The van der Waals surface area contributed by atoms with Crippen LogP contribution in [0.25, 0.3) is 0 Å². The summed E-state index contributed by atoms with van der Waals surface area (Å²) in [5.74, 6) is 0. The van der Waals surface area contributed by atoms with Gasteiger partial charge in [0.15, 0.2) is 0 Å². The number of rotatable bonds is 2. The highest BCUT2D eigenvalue weighted by molar-refractivity contribution is 8.15. The van der Waals surface area contributed by atoms with E-state index in [4.69, 9.17) is 11.6 Å². The molecular weight excluding hydrogens is 234 g/mol. The van der Waals surface area contributed by atoms with Crippen molar-refractivity contribution in [3.05, 3.63) is 30.3 Å². The molecule has 0 spiro atoms. The van der Waals surface area contributed by atoms with Gasteiger partial charge in [0.1, 0.15) is 17.0 Å². The second-order valence-electron chi connectivity index (χ2n) is 3.06. The van der Waals surface area contributed by atoms with E-state index in [1.807, 2.05) is 18.2 Å². The Kier molecular flexibility index (Phi) is 2.98. The fraction of sp³-hybridized carbons (Fsp3) is 0.200. The average molecular weight is 242 g/mol. The first kappa shape index (κ1) is 10.5. The summed E-state index contributed by atoms with van der Waals surface area (Å²) < 4.78 is 0. The van der Waals surface area contributed by atoms with Crippen LogP contribution in [0, 0.1) is 0 Å². The number of benzene rings is 1. The Morgan fingerprint density at radius 3 is 2.53 bits per heavy atom. The van der Waals surface area contributed by atoms with Crippen molar-refractivity contribution < 1.29 is 9.59 Å². The van der Waals surface area contributed by atoms with Crippen molar-refractivity contribution in [3.8, 4) is 0 Å². The Labute approximate surface area is 96.4 Å². The number of thioether (sulfide) groups is 1. The largest absolute Gasteiger partial charge is 0.302 e. The smallest absolute Gasteiger partial charge is 0.288 e. The molecule has 2 rings (SSSR count). The molecule has 15 heavy (non-hydrogen) atoms. The third kappa shape index (κ3) is 1.87. The van der Waals surface area contributed by atoms with Gasteiger partial charge in [0, 0.05) is 5.69 Å². The molecule has 1 aromatic rings. The zero-order chi connectivity index (χ0) is 10.8. The van der Waals surface area contributed by atoms with Crippen molar-refractivity contribution >= 4 is 40.6 Å². The third-order valence-corrected chi connectivity index (χ3v) is 3.78.